The summed E-state index contributed by atoms with van der Waals surface area (Å²) in [7, 11) is 0. The zero-order chi connectivity index (χ0) is 13.1. The van der Waals surface area contributed by atoms with E-state index < -0.39 is 24.5 Å². The minimum Gasteiger partial charge on any atom is -0.480 e. The second-order valence-electron chi connectivity index (χ2n) is 3.58. The highest BCUT2D eigenvalue weighted by Crippen LogP contribution is 2.19. The number of nitrogens with one attached hydrogen (secondary N) is 1. The molecule has 1 aromatic carbocycles. The molecule has 0 unspecified atom stereocenters. The molecule has 0 aliphatic rings. The van der Waals surface area contributed by atoms with Crippen LogP contribution in [0.25, 0.3) is 10.2 Å². The molecule has 1 heterocycles. The monoisotopic (exact) mass is 266 g/mol. The van der Waals surface area contributed by atoms with Crippen LogP contribution in [0.1, 0.15) is 10.4 Å². The normalized spacial score (nSPS) is 12.3. The highest BCUT2D eigenvalue weighted by molar-refractivity contribution is 7.16. The third kappa shape index (κ3) is 2.47. The molecule has 0 bridgehead atoms. The number of fused-ring (bicyclic) bond motifs is 1. The fraction of sp³-hybridized carbons (Fsp3) is 0.182. The fourth-order valence-electron chi connectivity index (χ4n) is 1.42. The van der Waals surface area contributed by atoms with Crippen molar-refractivity contribution in [3.05, 3.63) is 29.3 Å². The number of aliphatic hydroxyl groups is 1. The number of carbonyl (C=O) groups excluding carboxylic acids is 1. The molecule has 0 saturated heterocycles. The van der Waals surface area contributed by atoms with Crippen LogP contribution in [0, 0.1) is 0 Å². The molecule has 2 aromatic rings. The van der Waals surface area contributed by atoms with Gasteiger partial charge in [-0.05, 0) is 18.2 Å². The number of aliphatic hydroxyl groups excluding tert-OH is 1. The minimum absolute atomic E-state index is 0.339. The van der Waals surface area contributed by atoms with Crippen molar-refractivity contribution in [2.75, 3.05) is 6.61 Å². The number of thiazole rings is 1. The summed E-state index contributed by atoms with van der Waals surface area (Å²) in [6.45, 7) is -0.649. The second-order valence-corrected chi connectivity index (χ2v) is 4.47. The number of hydrogen-bond donors (Lipinski definition) is 3. The Morgan fingerprint density at radius 2 is 2.22 bits per heavy atom. The summed E-state index contributed by atoms with van der Waals surface area (Å²) in [5.41, 5.74) is 2.79. The quantitative estimate of drug-likeness (QED) is 0.747. The largest absolute Gasteiger partial charge is 0.480 e. The third-order valence-electron chi connectivity index (χ3n) is 2.38. The Morgan fingerprint density at radius 3 is 2.89 bits per heavy atom. The Bertz CT molecular complexity index is 595. The van der Waals surface area contributed by atoms with E-state index in [1.54, 1.807) is 23.7 Å². The average molecular weight is 266 g/mol. The molecule has 0 aliphatic heterocycles. The van der Waals surface area contributed by atoms with Crippen molar-refractivity contribution in [3.63, 3.8) is 0 Å². The third-order valence-corrected chi connectivity index (χ3v) is 3.17. The fourth-order valence-corrected chi connectivity index (χ4v) is 2.14. The minimum atomic E-state index is -1.30. The second kappa shape index (κ2) is 5.11. The summed E-state index contributed by atoms with van der Waals surface area (Å²) in [5.74, 6) is -1.81. The predicted molar refractivity (Wildman–Crippen MR) is 65.6 cm³/mol. The Balaban J connectivity index is 2.19. The first-order chi connectivity index (χ1) is 8.61. The van der Waals surface area contributed by atoms with Gasteiger partial charge in [0, 0.05) is 5.56 Å². The first-order valence-electron chi connectivity index (χ1n) is 5.09. The summed E-state index contributed by atoms with van der Waals surface area (Å²) in [5, 5.41) is 19.8. The van der Waals surface area contributed by atoms with Crippen molar-refractivity contribution in [1.82, 2.24) is 10.3 Å². The highest BCUT2D eigenvalue weighted by Gasteiger charge is 2.19. The van der Waals surface area contributed by atoms with E-state index in [2.05, 4.69) is 10.3 Å². The van der Waals surface area contributed by atoms with Crippen LogP contribution in [-0.2, 0) is 4.79 Å². The number of hydrogen-bond acceptors (Lipinski definition) is 5. The van der Waals surface area contributed by atoms with E-state index in [-0.39, 0.29) is 0 Å². The van der Waals surface area contributed by atoms with Gasteiger partial charge < -0.3 is 15.5 Å². The van der Waals surface area contributed by atoms with E-state index in [0.717, 1.165) is 10.2 Å². The van der Waals surface area contributed by atoms with E-state index in [1.165, 1.54) is 11.3 Å². The van der Waals surface area contributed by atoms with Gasteiger partial charge in [0.15, 0.2) is 6.04 Å². The molecular formula is C11H10N2O4S. The molecule has 1 amide bonds. The molecule has 2 rings (SSSR count). The molecule has 1 atom stereocenters. The zero-order valence-corrected chi connectivity index (χ0v) is 9.98. The number of rotatable bonds is 4. The average Bonchev–Trinajstić information content (AvgIpc) is 2.82. The molecule has 7 heteroatoms. The molecule has 0 saturated carbocycles. The maximum atomic E-state index is 11.8. The Morgan fingerprint density at radius 1 is 1.44 bits per heavy atom. The molecule has 0 radical (unpaired) electrons. The number of carboxylic acid groups (broad SMARTS) is 1. The predicted octanol–water partition coefficient (Wildman–Crippen LogP) is 0.472. The molecular weight excluding hydrogens is 256 g/mol. The van der Waals surface area contributed by atoms with Gasteiger partial charge >= 0.3 is 5.97 Å². The summed E-state index contributed by atoms with van der Waals surface area (Å²) in [6, 6.07) is 3.59. The number of carboxylic acids is 1. The number of amides is 1. The smallest absolute Gasteiger partial charge is 0.328 e. The molecule has 6 nitrogen and oxygen atoms in total. The topological polar surface area (TPSA) is 99.5 Å². The number of aliphatic carboxylic acids is 1. The highest BCUT2D eigenvalue weighted by atomic mass is 32.1. The maximum Gasteiger partial charge on any atom is 0.328 e. The zero-order valence-electron chi connectivity index (χ0n) is 9.16. The molecule has 18 heavy (non-hydrogen) atoms. The van der Waals surface area contributed by atoms with Crippen LogP contribution in [0.4, 0.5) is 0 Å². The SMILES string of the molecule is O=C(N[C@H](CO)C(=O)O)c1ccc2ncsc2c1. The van der Waals surface area contributed by atoms with Gasteiger partial charge in [-0.3, -0.25) is 4.79 Å². The van der Waals surface area contributed by atoms with Crippen LogP contribution in [0.15, 0.2) is 23.7 Å². The van der Waals surface area contributed by atoms with Crippen LogP contribution in [-0.4, -0.2) is 39.7 Å². The van der Waals surface area contributed by atoms with Gasteiger partial charge in [-0.2, -0.15) is 0 Å². The first kappa shape index (κ1) is 12.5. The molecule has 3 N–H and O–H groups in total. The van der Waals surface area contributed by atoms with Crippen LogP contribution < -0.4 is 5.32 Å². The van der Waals surface area contributed by atoms with Crippen LogP contribution in [0.3, 0.4) is 0 Å². The lowest BCUT2D eigenvalue weighted by molar-refractivity contribution is -0.140. The van der Waals surface area contributed by atoms with E-state index in [4.69, 9.17) is 10.2 Å². The number of benzene rings is 1. The lowest BCUT2D eigenvalue weighted by Gasteiger charge is -2.11. The van der Waals surface area contributed by atoms with Crippen LogP contribution >= 0.6 is 11.3 Å². The van der Waals surface area contributed by atoms with Crippen molar-refractivity contribution in [2.45, 2.75) is 6.04 Å². The van der Waals surface area contributed by atoms with Crippen molar-refractivity contribution < 1.29 is 19.8 Å². The van der Waals surface area contributed by atoms with Gasteiger partial charge in [-0.25, -0.2) is 9.78 Å². The molecule has 0 aliphatic carbocycles. The molecule has 1 aromatic heterocycles. The van der Waals surface area contributed by atoms with Gasteiger partial charge in [-0.15, -0.1) is 11.3 Å². The van der Waals surface area contributed by atoms with Crippen molar-refractivity contribution in [1.29, 1.82) is 0 Å². The van der Waals surface area contributed by atoms with Crippen LogP contribution in [0.5, 0.6) is 0 Å². The summed E-state index contributed by atoms with van der Waals surface area (Å²) < 4.78 is 0.846. The van der Waals surface area contributed by atoms with Gasteiger partial charge in [0.25, 0.3) is 5.91 Å². The molecule has 0 spiro atoms. The van der Waals surface area contributed by atoms with Crippen molar-refractivity contribution >= 4 is 33.4 Å². The van der Waals surface area contributed by atoms with Gasteiger partial charge in [0.05, 0.1) is 22.3 Å². The lowest BCUT2D eigenvalue weighted by atomic mass is 10.2. The standard InChI is InChI=1S/C11H10N2O4S/c14-4-8(11(16)17)13-10(15)6-1-2-7-9(3-6)18-5-12-7/h1-3,5,8,14H,4H2,(H,13,15)(H,16,17)/t8-/m1/s1. The number of aromatic nitrogens is 1. The van der Waals surface area contributed by atoms with Crippen molar-refractivity contribution in [2.24, 2.45) is 0 Å². The van der Waals surface area contributed by atoms with E-state index in [9.17, 15) is 9.59 Å². The Labute approximate surface area is 106 Å². The molecule has 94 valence electrons. The van der Waals surface area contributed by atoms with E-state index >= 15 is 0 Å². The van der Waals surface area contributed by atoms with Gasteiger partial charge in [0.2, 0.25) is 0 Å². The Hall–Kier alpha value is -1.99. The molecule has 0 fully saturated rings. The summed E-state index contributed by atoms with van der Waals surface area (Å²) in [6.07, 6.45) is 0. The number of carbonyl (C=O) groups is 2. The van der Waals surface area contributed by atoms with Crippen molar-refractivity contribution in [3.8, 4) is 0 Å². The maximum absolute atomic E-state index is 11.8. The first-order valence-corrected chi connectivity index (χ1v) is 5.97. The summed E-state index contributed by atoms with van der Waals surface area (Å²) in [4.78, 5) is 26.5. The van der Waals surface area contributed by atoms with E-state index in [0.29, 0.717) is 5.56 Å². The Kier molecular flexibility index (Phi) is 3.54. The number of nitrogens with zero attached hydrogens (tertiary/aromatic N) is 1. The van der Waals surface area contributed by atoms with Crippen LogP contribution in [0.2, 0.25) is 0 Å². The van der Waals surface area contributed by atoms with E-state index in [1.807, 2.05) is 0 Å². The van der Waals surface area contributed by atoms with Gasteiger partial charge in [0.1, 0.15) is 0 Å². The van der Waals surface area contributed by atoms with Gasteiger partial charge in [-0.1, -0.05) is 0 Å². The summed E-state index contributed by atoms with van der Waals surface area (Å²) >= 11 is 1.39. The lowest BCUT2D eigenvalue weighted by Crippen LogP contribution is -2.43.